The third kappa shape index (κ3) is 3.53. The molecule has 21 heavy (non-hydrogen) atoms. The Bertz CT molecular complexity index is 491. The van der Waals surface area contributed by atoms with Gasteiger partial charge in [0.2, 0.25) is 5.91 Å². The maximum Gasteiger partial charge on any atom is 0.223 e. The summed E-state index contributed by atoms with van der Waals surface area (Å²) in [5.74, 6) is 0.886. The highest BCUT2D eigenvalue weighted by Gasteiger charge is 2.44. The Morgan fingerprint density at radius 3 is 2.67 bits per heavy atom. The minimum atomic E-state index is 0.193. The van der Waals surface area contributed by atoms with Crippen LogP contribution in [0.3, 0.4) is 0 Å². The number of likely N-dealkylation sites (tertiary alicyclic amines) is 1. The molecule has 1 aliphatic heterocycles. The molecule has 3 rings (SSSR count). The van der Waals surface area contributed by atoms with Gasteiger partial charge in [0, 0.05) is 31.6 Å². The molecule has 0 aromatic heterocycles. The molecule has 1 heterocycles. The second kappa shape index (κ2) is 6.44. The molecule has 1 amide bonds. The number of rotatable bonds is 5. The molecule has 1 N–H and O–H groups in total. The van der Waals surface area contributed by atoms with Crippen LogP contribution in [-0.4, -0.2) is 36.5 Å². The van der Waals surface area contributed by atoms with Crippen molar-refractivity contribution < 1.29 is 4.79 Å². The van der Waals surface area contributed by atoms with Crippen LogP contribution >= 0.6 is 0 Å². The van der Waals surface area contributed by atoms with Gasteiger partial charge in [-0.15, -0.1) is 6.58 Å². The molecule has 2 fully saturated rings. The molecule has 0 spiro atoms. The number of benzene rings is 1. The van der Waals surface area contributed by atoms with Gasteiger partial charge in [0.25, 0.3) is 0 Å². The molecule has 3 nitrogen and oxygen atoms in total. The van der Waals surface area contributed by atoms with Gasteiger partial charge < -0.3 is 5.32 Å². The van der Waals surface area contributed by atoms with E-state index >= 15 is 0 Å². The van der Waals surface area contributed by atoms with E-state index in [0.29, 0.717) is 12.0 Å². The number of hydrogen-bond acceptors (Lipinski definition) is 2. The maximum atomic E-state index is 12.3. The summed E-state index contributed by atoms with van der Waals surface area (Å²) in [4.78, 5) is 14.7. The van der Waals surface area contributed by atoms with Gasteiger partial charge in [0.15, 0.2) is 0 Å². The number of nitrogens with one attached hydrogen (secondary N) is 1. The molecule has 1 saturated heterocycles. The van der Waals surface area contributed by atoms with Crippen molar-refractivity contribution in [1.82, 2.24) is 10.2 Å². The Morgan fingerprint density at radius 1 is 1.29 bits per heavy atom. The topological polar surface area (TPSA) is 32.3 Å². The summed E-state index contributed by atoms with van der Waals surface area (Å²) in [6.07, 6.45) is 5.07. The smallest absolute Gasteiger partial charge is 0.223 e. The van der Waals surface area contributed by atoms with E-state index in [1.54, 1.807) is 0 Å². The fourth-order valence-corrected chi connectivity index (χ4v) is 3.30. The number of amides is 1. The Hall–Kier alpha value is -1.61. The molecule has 1 aromatic rings. The monoisotopic (exact) mass is 284 g/mol. The van der Waals surface area contributed by atoms with Gasteiger partial charge in [0.05, 0.1) is 0 Å². The number of carbonyl (C=O) groups is 1. The first-order valence-corrected chi connectivity index (χ1v) is 7.96. The zero-order valence-electron chi connectivity index (χ0n) is 12.5. The predicted octanol–water partition coefficient (Wildman–Crippen LogP) is 2.56. The molecular weight excluding hydrogens is 260 g/mol. The molecule has 2 atom stereocenters. The first-order chi connectivity index (χ1) is 10.3. The molecule has 0 radical (unpaired) electrons. The number of nitrogens with zero attached hydrogens (tertiary/aromatic N) is 1. The predicted molar refractivity (Wildman–Crippen MR) is 85.1 cm³/mol. The second-order valence-corrected chi connectivity index (χ2v) is 6.23. The first-order valence-electron chi connectivity index (χ1n) is 7.96. The molecule has 0 bridgehead atoms. The largest absolute Gasteiger partial charge is 0.353 e. The molecule has 3 heteroatoms. The van der Waals surface area contributed by atoms with Crippen LogP contribution < -0.4 is 5.32 Å². The summed E-state index contributed by atoms with van der Waals surface area (Å²) >= 11 is 0. The van der Waals surface area contributed by atoms with E-state index in [1.807, 2.05) is 12.1 Å². The molecule has 1 aromatic carbocycles. The summed E-state index contributed by atoms with van der Waals surface area (Å²) in [7, 11) is 0. The lowest BCUT2D eigenvalue weighted by Gasteiger charge is -2.31. The third-order valence-corrected chi connectivity index (χ3v) is 4.68. The molecular formula is C18H24N2O. The summed E-state index contributed by atoms with van der Waals surface area (Å²) in [6.45, 7) is 6.86. The normalized spacial score (nSPS) is 26.3. The average Bonchev–Trinajstić information content (AvgIpc) is 3.31. The number of hydrogen-bond donors (Lipinski definition) is 1. The highest BCUT2D eigenvalue weighted by molar-refractivity contribution is 5.83. The maximum absolute atomic E-state index is 12.3. The number of piperidine rings is 1. The quantitative estimate of drug-likeness (QED) is 0.843. The summed E-state index contributed by atoms with van der Waals surface area (Å²) in [5, 5.41) is 3.25. The zero-order valence-corrected chi connectivity index (χ0v) is 12.5. The van der Waals surface area contributed by atoms with E-state index < -0.39 is 0 Å². The van der Waals surface area contributed by atoms with Crippen molar-refractivity contribution >= 4 is 5.91 Å². The third-order valence-electron chi connectivity index (χ3n) is 4.68. The highest BCUT2D eigenvalue weighted by Crippen LogP contribution is 2.47. The van der Waals surface area contributed by atoms with Crippen LogP contribution in [-0.2, 0) is 4.79 Å². The lowest BCUT2D eigenvalue weighted by Crippen LogP contribution is -2.45. The summed E-state index contributed by atoms with van der Waals surface area (Å²) < 4.78 is 0. The van der Waals surface area contributed by atoms with Crippen LogP contribution in [0.4, 0.5) is 0 Å². The van der Waals surface area contributed by atoms with Crippen molar-refractivity contribution in [2.45, 2.75) is 31.2 Å². The molecule has 112 valence electrons. The second-order valence-electron chi connectivity index (χ2n) is 6.23. The van der Waals surface area contributed by atoms with Gasteiger partial charge in [-0.2, -0.15) is 0 Å². The van der Waals surface area contributed by atoms with E-state index in [1.165, 1.54) is 5.56 Å². The van der Waals surface area contributed by atoms with Gasteiger partial charge in [-0.1, -0.05) is 36.4 Å². The van der Waals surface area contributed by atoms with E-state index in [0.717, 1.165) is 38.9 Å². The van der Waals surface area contributed by atoms with Crippen LogP contribution in [0.5, 0.6) is 0 Å². The Kier molecular flexibility index (Phi) is 4.39. The molecule has 1 saturated carbocycles. The lowest BCUT2D eigenvalue weighted by molar-refractivity contribution is -0.123. The molecule has 2 aliphatic rings. The lowest BCUT2D eigenvalue weighted by atomic mass is 10.0. The van der Waals surface area contributed by atoms with E-state index in [4.69, 9.17) is 0 Å². The van der Waals surface area contributed by atoms with Crippen LogP contribution in [0, 0.1) is 5.92 Å². The van der Waals surface area contributed by atoms with Crippen LogP contribution in [0.15, 0.2) is 43.0 Å². The van der Waals surface area contributed by atoms with Crippen LogP contribution in [0.1, 0.15) is 30.7 Å². The molecule has 0 unspecified atom stereocenters. The standard InChI is InChI=1S/C18H24N2O/c1-2-10-20-11-8-15(9-12-20)19-18(21)17-13-16(17)14-6-4-3-5-7-14/h2-7,15-17H,1,8-13H2,(H,19,21)/t16-,17+/m1/s1. The fraction of sp³-hybridized carbons (Fsp3) is 0.500. The Balaban J connectivity index is 1.45. The Labute approximate surface area is 127 Å². The fourth-order valence-electron chi connectivity index (χ4n) is 3.30. The first kappa shape index (κ1) is 14.3. The van der Waals surface area contributed by atoms with Crippen molar-refractivity contribution in [2.75, 3.05) is 19.6 Å². The van der Waals surface area contributed by atoms with Crippen LogP contribution in [0.2, 0.25) is 0 Å². The van der Waals surface area contributed by atoms with Crippen LogP contribution in [0.25, 0.3) is 0 Å². The van der Waals surface area contributed by atoms with Crippen molar-refractivity contribution in [3.05, 3.63) is 48.6 Å². The van der Waals surface area contributed by atoms with Gasteiger partial charge >= 0.3 is 0 Å². The van der Waals surface area contributed by atoms with Gasteiger partial charge in [0.1, 0.15) is 0 Å². The SMILES string of the molecule is C=CCN1CCC(NC(=O)[C@H]2C[C@@H]2c2ccccc2)CC1. The van der Waals surface area contributed by atoms with Crippen molar-refractivity contribution in [3.8, 4) is 0 Å². The van der Waals surface area contributed by atoms with Crippen molar-refractivity contribution in [2.24, 2.45) is 5.92 Å². The zero-order chi connectivity index (χ0) is 14.7. The van der Waals surface area contributed by atoms with Crippen molar-refractivity contribution in [1.29, 1.82) is 0 Å². The molecule has 1 aliphatic carbocycles. The number of carbonyl (C=O) groups excluding carboxylic acids is 1. The van der Waals surface area contributed by atoms with Gasteiger partial charge in [-0.05, 0) is 30.7 Å². The van der Waals surface area contributed by atoms with Gasteiger partial charge in [-0.3, -0.25) is 9.69 Å². The summed E-state index contributed by atoms with van der Waals surface area (Å²) in [5.41, 5.74) is 1.30. The van der Waals surface area contributed by atoms with E-state index in [-0.39, 0.29) is 11.8 Å². The highest BCUT2D eigenvalue weighted by atomic mass is 16.2. The van der Waals surface area contributed by atoms with Crippen molar-refractivity contribution in [3.63, 3.8) is 0 Å². The minimum Gasteiger partial charge on any atom is -0.353 e. The minimum absolute atomic E-state index is 0.193. The summed E-state index contributed by atoms with van der Waals surface area (Å²) in [6, 6.07) is 10.8. The van der Waals surface area contributed by atoms with Gasteiger partial charge in [-0.25, -0.2) is 0 Å². The van der Waals surface area contributed by atoms with E-state index in [9.17, 15) is 4.79 Å². The Morgan fingerprint density at radius 2 is 2.00 bits per heavy atom. The van der Waals surface area contributed by atoms with E-state index in [2.05, 4.69) is 41.1 Å². The average molecular weight is 284 g/mol.